The second-order valence-electron chi connectivity index (χ2n) is 8.04. The molecular formula is C23H28N2O4S. The molecule has 1 amide bonds. The molecule has 0 aliphatic carbocycles. The topological polar surface area (TPSA) is 70.1 Å². The summed E-state index contributed by atoms with van der Waals surface area (Å²) < 4.78 is 5.69. The van der Waals surface area contributed by atoms with E-state index in [0.29, 0.717) is 36.9 Å². The summed E-state index contributed by atoms with van der Waals surface area (Å²) in [7, 11) is 3.83. The van der Waals surface area contributed by atoms with Gasteiger partial charge in [-0.1, -0.05) is 19.9 Å². The summed E-state index contributed by atoms with van der Waals surface area (Å²) in [6.45, 7) is 5.76. The molecule has 1 aliphatic rings. The van der Waals surface area contributed by atoms with Gasteiger partial charge in [0.1, 0.15) is 11.5 Å². The molecule has 1 aromatic heterocycles. The van der Waals surface area contributed by atoms with Crippen LogP contribution in [-0.2, 0) is 9.59 Å². The van der Waals surface area contributed by atoms with E-state index in [1.54, 1.807) is 29.2 Å². The van der Waals surface area contributed by atoms with Crippen LogP contribution in [0.15, 0.2) is 47.4 Å². The summed E-state index contributed by atoms with van der Waals surface area (Å²) >= 11 is 1.47. The van der Waals surface area contributed by atoms with Gasteiger partial charge in [-0.05, 0) is 55.7 Å². The average molecular weight is 429 g/mol. The second kappa shape index (κ2) is 9.45. The van der Waals surface area contributed by atoms with Gasteiger partial charge in [-0.2, -0.15) is 0 Å². The minimum Gasteiger partial charge on any atom is -0.507 e. The van der Waals surface area contributed by atoms with Gasteiger partial charge in [-0.25, -0.2) is 0 Å². The maximum Gasteiger partial charge on any atom is 0.295 e. The lowest BCUT2D eigenvalue weighted by atomic mass is 10.00. The summed E-state index contributed by atoms with van der Waals surface area (Å²) in [4.78, 5) is 30.0. The maximum absolute atomic E-state index is 12.9. The molecule has 1 N–H and O–H groups in total. The first-order valence-corrected chi connectivity index (χ1v) is 10.9. The SMILES string of the molecule is CC(C)COc1ccc(C(O)=C2C(=O)C(=O)N(CCN(C)C)C2c2cccs2)cc1. The van der Waals surface area contributed by atoms with Gasteiger partial charge in [0.25, 0.3) is 11.7 Å². The van der Waals surface area contributed by atoms with Crippen LogP contribution in [0.25, 0.3) is 5.76 Å². The number of ether oxygens (including phenoxy) is 1. The van der Waals surface area contributed by atoms with Crippen molar-refractivity contribution in [2.75, 3.05) is 33.8 Å². The molecule has 3 rings (SSSR count). The molecule has 2 heterocycles. The van der Waals surface area contributed by atoms with Gasteiger partial charge in [0.2, 0.25) is 0 Å². The van der Waals surface area contributed by atoms with Crippen molar-refractivity contribution in [1.29, 1.82) is 0 Å². The zero-order valence-electron chi connectivity index (χ0n) is 17.8. The fourth-order valence-corrected chi connectivity index (χ4v) is 4.13. The molecule has 1 saturated heterocycles. The van der Waals surface area contributed by atoms with E-state index in [1.165, 1.54) is 11.3 Å². The fourth-order valence-electron chi connectivity index (χ4n) is 3.29. The molecule has 0 spiro atoms. The minimum atomic E-state index is -0.648. The van der Waals surface area contributed by atoms with E-state index >= 15 is 0 Å². The molecule has 1 unspecified atom stereocenters. The molecule has 1 atom stereocenters. The number of aliphatic hydroxyl groups is 1. The molecule has 30 heavy (non-hydrogen) atoms. The predicted molar refractivity (Wildman–Crippen MR) is 119 cm³/mol. The van der Waals surface area contributed by atoms with Crippen molar-refractivity contribution in [1.82, 2.24) is 9.80 Å². The molecule has 1 fully saturated rings. The van der Waals surface area contributed by atoms with Gasteiger partial charge < -0.3 is 19.6 Å². The molecule has 1 aliphatic heterocycles. The zero-order chi connectivity index (χ0) is 21.8. The third kappa shape index (κ3) is 4.74. The van der Waals surface area contributed by atoms with Crippen LogP contribution < -0.4 is 4.74 Å². The number of aliphatic hydroxyl groups excluding tert-OH is 1. The van der Waals surface area contributed by atoms with Gasteiger partial charge in [-0.15, -0.1) is 11.3 Å². The Bertz CT molecular complexity index is 917. The third-order valence-corrected chi connectivity index (χ3v) is 5.78. The lowest BCUT2D eigenvalue weighted by Gasteiger charge is -2.25. The Labute approximate surface area is 181 Å². The van der Waals surface area contributed by atoms with Crippen molar-refractivity contribution in [3.05, 3.63) is 57.8 Å². The lowest BCUT2D eigenvalue weighted by molar-refractivity contribution is -0.140. The number of nitrogens with zero attached hydrogens (tertiary/aromatic N) is 2. The van der Waals surface area contributed by atoms with Gasteiger partial charge in [-0.3, -0.25) is 9.59 Å². The number of ketones is 1. The Balaban J connectivity index is 1.97. The highest BCUT2D eigenvalue weighted by atomic mass is 32.1. The standard InChI is InChI=1S/C23H28N2O4S/c1-15(2)14-29-17-9-7-16(8-10-17)21(26)19-20(18-6-5-13-30-18)25(12-11-24(3)4)23(28)22(19)27/h5-10,13,15,20,26H,11-12,14H2,1-4H3. The summed E-state index contributed by atoms with van der Waals surface area (Å²) in [5.41, 5.74) is 0.621. The van der Waals surface area contributed by atoms with Crippen LogP contribution in [-0.4, -0.2) is 60.4 Å². The monoisotopic (exact) mass is 428 g/mol. The third-order valence-electron chi connectivity index (χ3n) is 4.85. The first kappa shape index (κ1) is 22.1. The van der Waals surface area contributed by atoms with Crippen molar-refractivity contribution in [3.63, 3.8) is 0 Å². The van der Waals surface area contributed by atoms with Crippen molar-refractivity contribution in [3.8, 4) is 5.75 Å². The van der Waals surface area contributed by atoms with Crippen LogP contribution in [0.1, 0.15) is 30.3 Å². The first-order chi connectivity index (χ1) is 14.3. The smallest absolute Gasteiger partial charge is 0.295 e. The van der Waals surface area contributed by atoms with Crippen LogP contribution in [0.2, 0.25) is 0 Å². The molecule has 160 valence electrons. The van der Waals surface area contributed by atoms with Gasteiger partial charge in [0.05, 0.1) is 18.2 Å². The molecule has 0 radical (unpaired) electrons. The number of carbonyl (C=O) groups excluding carboxylic acids is 2. The molecule has 0 bridgehead atoms. The number of rotatable bonds is 8. The highest BCUT2D eigenvalue weighted by Crippen LogP contribution is 2.41. The van der Waals surface area contributed by atoms with Gasteiger partial charge in [0, 0.05) is 23.5 Å². The predicted octanol–water partition coefficient (Wildman–Crippen LogP) is 3.77. The second-order valence-corrected chi connectivity index (χ2v) is 9.02. The van der Waals surface area contributed by atoms with E-state index in [-0.39, 0.29) is 11.3 Å². The fraction of sp³-hybridized carbons (Fsp3) is 0.391. The highest BCUT2D eigenvalue weighted by Gasteiger charge is 2.46. The largest absolute Gasteiger partial charge is 0.507 e. The number of likely N-dealkylation sites (tertiary alicyclic amines) is 1. The Morgan fingerprint density at radius 2 is 1.90 bits per heavy atom. The Kier molecular flexibility index (Phi) is 6.95. The van der Waals surface area contributed by atoms with Gasteiger partial charge in [0.15, 0.2) is 0 Å². The summed E-state index contributed by atoms with van der Waals surface area (Å²) in [6, 6.07) is 10.1. The number of hydrogen-bond acceptors (Lipinski definition) is 6. The zero-order valence-corrected chi connectivity index (χ0v) is 18.6. The number of Topliss-reactive ketones (excluding diaryl/α,β-unsaturated/α-hetero) is 1. The number of hydrogen-bond donors (Lipinski definition) is 1. The van der Waals surface area contributed by atoms with E-state index in [4.69, 9.17) is 4.74 Å². The maximum atomic E-state index is 12.9. The molecule has 6 nitrogen and oxygen atoms in total. The summed E-state index contributed by atoms with van der Waals surface area (Å²) in [5.74, 6) is -0.281. The van der Waals surface area contributed by atoms with Gasteiger partial charge >= 0.3 is 0 Å². The normalized spacial score (nSPS) is 18.6. The molecule has 0 saturated carbocycles. The molecule has 1 aromatic carbocycles. The Morgan fingerprint density at radius 1 is 1.20 bits per heavy atom. The van der Waals surface area contributed by atoms with E-state index in [2.05, 4.69) is 13.8 Å². The van der Waals surface area contributed by atoms with Crippen LogP contribution in [0.5, 0.6) is 5.75 Å². The number of thiophene rings is 1. The van der Waals surface area contributed by atoms with E-state index in [1.807, 2.05) is 36.5 Å². The quantitative estimate of drug-likeness (QED) is 0.394. The van der Waals surface area contributed by atoms with Crippen LogP contribution in [0, 0.1) is 5.92 Å². The molecule has 2 aromatic rings. The average Bonchev–Trinajstić information content (AvgIpc) is 3.32. The van der Waals surface area contributed by atoms with Crippen molar-refractivity contribution >= 4 is 28.8 Å². The van der Waals surface area contributed by atoms with E-state index in [9.17, 15) is 14.7 Å². The van der Waals surface area contributed by atoms with E-state index in [0.717, 1.165) is 4.88 Å². The van der Waals surface area contributed by atoms with Crippen molar-refractivity contribution in [2.24, 2.45) is 5.92 Å². The Morgan fingerprint density at radius 3 is 2.47 bits per heavy atom. The molecule has 7 heteroatoms. The Hall–Kier alpha value is -2.64. The van der Waals surface area contributed by atoms with Crippen molar-refractivity contribution in [2.45, 2.75) is 19.9 Å². The van der Waals surface area contributed by atoms with Crippen molar-refractivity contribution < 1.29 is 19.4 Å². The van der Waals surface area contributed by atoms with E-state index < -0.39 is 17.7 Å². The number of amides is 1. The molecular weight excluding hydrogens is 400 g/mol. The lowest BCUT2D eigenvalue weighted by Crippen LogP contribution is -2.35. The number of likely N-dealkylation sites (N-methyl/N-ethyl adjacent to an activating group) is 1. The number of carbonyl (C=O) groups is 2. The number of benzene rings is 1. The van der Waals surface area contributed by atoms with Crippen LogP contribution in [0.4, 0.5) is 0 Å². The minimum absolute atomic E-state index is 0.136. The first-order valence-electron chi connectivity index (χ1n) is 9.99. The summed E-state index contributed by atoms with van der Waals surface area (Å²) in [6.07, 6.45) is 0. The van der Waals surface area contributed by atoms with Crippen LogP contribution in [0.3, 0.4) is 0 Å². The summed E-state index contributed by atoms with van der Waals surface area (Å²) in [5, 5.41) is 12.9. The van der Waals surface area contributed by atoms with Crippen LogP contribution >= 0.6 is 11.3 Å². The highest BCUT2D eigenvalue weighted by molar-refractivity contribution is 7.10.